The van der Waals surface area contributed by atoms with Gasteiger partial charge in [0.15, 0.2) is 5.96 Å². The Morgan fingerprint density at radius 2 is 2.04 bits per heavy atom. The zero-order chi connectivity index (χ0) is 17.0. The van der Waals surface area contributed by atoms with Crippen molar-refractivity contribution < 1.29 is 9.52 Å². The number of nitrogens with zero attached hydrogens (tertiary/aromatic N) is 2. The van der Waals surface area contributed by atoms with E-state index in [4.69, 9.17) is 4.42 Å². The lowest BCUT2D eigenvalue weighted by Crippen LogP contribution is -2.39. The third kappa shape index (κ3) is 8.59. The van der Waals surface area contributed by atoms with E-state index in [-0.39, 0.29) is 24.0 Å². The quantitative estimate of drug-likeness (QED) is 0.223. The Morgan fingerprint density at radius 3 is 2.72 bits per heavy atom. The van der Waals surface area contributed by atoms with E-state index in [9.17, 15) is 5.11 Å². The first-order valence-electron chi connectivity index (χ1n) is 7.91. The maximum absolute atomic E-state index is 10.2. The molecule has 25 heavy (non-hydrogen) atoms. The molecule has 0 saturated carbocycles. The van der Waals surface area contributed by atoms with Crippen molar-refractivity contribution in [3.8, 4) is 0 Å². The Morgan fingerprint density at radius 1 is 1.28 bits per heavy atom. The number of nitrogens with one attached hydrogen (secondary N) is 2. The summed E-state index contributed by atoms with van der Waals surface area (Å²) in [5, 5.41) is 16.7. The molecule has 0 amide bonds. The van der Waals surface area contributed by atoms with Gasteiger partial charge in [-0.3, -0.25) is 9.98 Å². The van der Waals surface area contributed by atoms with Gasteiger partial charge in [-0.1, -0.05) is 0 Å². The van der Waals surface area contributed by atoms with Crippen LogP contribution in [0.4, 0.5) is 0 Å². The van der Waals surface area contributed by atoms with Crippen LogP contribution in [0.3, 0.4) is 0 Å². The van der Waals surface area contributed by atoms with Gasteiger partial charge in [-0.15, -0.1) is 24.0 Å². The fourth-order valence-corrected chi connectivity index (χ4v) is 2.38. The molecule has 1 unspecified atom stereocenters. The van der Waals surface area contributed by atoms with E-state index in [1.807, 2.05) is 12.1 Å². The number of furan rings is 1. The maximum Gasteiger partial charge on any atom is 0.191 e. The van der Waals surface area contributed by atoms with Crippen LogP contribution in [0.5, 0.6) is 0 Å². The van der Waals surface area contributed by atoms with E-state index in [1.165, 1.54) is 0 Å². The molecule has 0 aliphatic rings. The SMILES string of the molecule is CSCCNC(=NCC(O)c1ccncc1)NCCc1ccco1.I. The van der Waals surface area contributed by atoms with Crippen LogP contribution in [0.25, 0.3) is 0 Å². The van der Waals surface area contributed by atoms with Gasteiger partial charge in [-0.2, -0.15) is 11.8 Å². The van der Waals surface area contributed by atoms with Crippen molar-refractivity contribution in [1.82, 2.24) is 15.6 Å². The number of aliphatic imine (C=N–C) groups is 1. The van der Waals surface area contributed by atoms with Crippen molar-refractivity contribution in [3.63, 3.8) is 0 Å². The zero-order valence-electron chi connectivity index (χ0n) is 14.2. The summed E-state index contributed by atoms with van der Waals surface area (Å²) < 4.78 is 5.32. The molecular weight excluding hydrogens is 451 g/mol. The minimum atomic E-state index is -0.641. The summed E-state index contributed by atoms with van der Waals surface area (Å²) in [5.74, 6) is 2.62. The second-order valence-corrected chi connectivity index (χ2v) is 6.15. The number of halogens is 1. The fraction of sp³-hybridized carbons (Fsp3) is 0.412. The molecule has 0 fully saturated rings. The number of aromatic nitrogens is 1. The fourth-order valence-electron chi connectivity index (χ4n) is 2.07. The number of hydrogen-bond donors (Lipinski definition) is 3. The van der Waals surface area contributed by atoms with Crippen LogP contribution in [0.15, 0.2) is 52.3 Å². The highest BCUT2D eigenvalue weighted by molar-refractivity contribution is 14.0. The molecule has 2 aromatic rings. The van der Waals surface area contributed by atoms with Crippen molar-refractivity contribution in [2.24, 2.45) is 4.99 Å². The molecule has 0 spiro atoms. The molecule has 0 aromatic carbocycles. The van der Waals surface area contributed by atoms with Crippen LogP contribution in [0.1, 0.15) is 17.4 Å². The van der Waals surface area contributed by atoms with E-state index in [1.54, 1.807) is 42.6 Å². The Hall–Kier alpha value is -1.26. The molecule has 2 rings (SSSR count). The molecular formula is C17H25IN4O2S. The van der Waals surface area contributed by atoms with Gasteiger partial charge < -0.3 is 20.2 Å². The van der Waals surface area contributed by atoms with Crippen LogP contribution in [-0.4, -0.2) is 47.7 Å². The Bertz CT molecular complexity index is 596. The van der Waals surface area contributed by atoms with Crippen molar-refractivity contribution in [2.75, 3.05) is 31.6 Å². The second-order valence-electron chi connectivity index (χ2n) is 5.16. The number of hydrogen-bond acceptors (Lipinski definition) is 5. The maximum atomic E-state index is 10.2. The predicted octanol–water partition coefficient (Wildman–Crippen LogP) is 2.47. The minimum Gasteiger partial charge on any atom is -0.469 e. The number of thioether (sulfide) groups is 1. The number of aliphatic hydroxyl groups is 1. The largest absolute Gasteiger partial charge is 0.469 e. The minimum absolute atomic E-state index is 0. The van der Waals surface area contributed by atoms with E-state index >= 15 is 0 Å². The van der Waals surface area contributed by atoms with E-state index < -0.39 is 6.10 Å². The van der Waals surface area contributed by atoms with E-state index in [0.29, 0.717) is 19.0 Å². The highest BCUT2D eigenvalue weighted by Crippen LogP contribution is 2.10. The normalized spacial score (nSPS) is 12.3. The number of pyridine rings is 1. The van der Waals surface area contributed by atoms with Gasteiger partial charge in [0, 0.05) is 37.7 Å². The summed E-state index contributed by atoms with van der Waals surface area (Å²) in [4.78, 5) is 8.43. The van der Waals surface area contributed by atoms with Crippen molar-refractivity contribution in [3.05, 3.63) is 54.2 Å². The van der Waals surface area contributed by atoms with Gasteiger partial charge >= 0.3 is 0 Å². The molecule has 8 heteroatoms. The third-order valence-corrected chi connectivity index (χ3v) is 3.97. The van der Waals surface area contributed by atoms with Gasteiger partial charge in [-0.25, -0.2) is 0 Å². The van der Waals surface area contributed by atoms with Crippen LogP contribution in [0.2, 0.25) is 0 Å². The first kappa shape index (κ1) is 21.8. The lowest BCUT2D eigenvalue weighted by atomic mass is 10.1. The monoisotopic (exact) mass is 476 g/mol. The number of rotatable bonds is 9. The lowest BCUT2D eigenvalue weighted by Gasteiger charge is -2.13. The Kier molecular flexibility index (Phi) is 11.3. The topological polar surface area (TPSA) is 82.7 Å². The number of guanidine groups is 1. The van der Waals surface area contributed by atoms with Gasteiger partial charge in [0.25, 0.3) is 0 Å². The predicted molar refractivity (Wildman–Crippen MR) is 114 cm³/mol. The highest BCUT2D eigenvalue weighted by Gasteiger charge is 2.07. The molecule has 0 saturated heterocycles. The van der Waals surface area contributed by atoms with E-state index in [0.717, 1.165) is 30.0 Å². The number of aliphatic hydroxyl groups excluding tert-OH is 1. The summed E-state index contributed by atoms with van der Waals surface area (Å²) in [7, 11) is 0. The van der Waals surface area contributed by atoms with Crippen LogP contribution < -0.4 is 10.6 Å². The average molecular weight is 476 g/mol. The van der Waals surface area contributed by atoms with Crippen LogP contribution >= 0.6 is 35.7 Å². The van der Waals surface area contributed by atoms with Crippen molar-refractivity contribution in [1.29, 1.82) is 0 Å². The molecule has 0 aliphatic heterocycles. The second kappa shape index (κ2) is 13.0. The van der Waals surface area contributed by atoms with Gasteiger partial charge in [-0.05, 0) is 36.1 Å². The molecule has 138 valence electrons. The average Bonchev–Trinajstić information content (AvgIpc) is 3.13. The highest BCUT2D eigenvalue weighted by atomic mass is 127. The molecule has 0 bridgehead atoms. The standard InChI is InChI=1S/C17H24N4O2S.HI/c1-24-12-10-20-17(19-9-6-15-3-2-11-23-15)21-13-16(22)14-4-7-18-8-5-14;/h2-5,7-8,11,16,22H,6,9-10,12-13H2,1H3,(H2,19,20,21);1H. The molecule has 3 N–H and O–H groups in total. The molecule has 2 heterocycles. The van der Waals surface area contributed by atoms with Gasteiger partial charge in [0.2, 0.25) is 0 Å². The van der Waals surface area contributed by atoms with Crippen molar-refractivity contribution in [2.45, 2.75) is 12.5 Å². The molecule has 0 radical (unpaired) electrons. The summed E-state index contributed by atoms with van der Waals surface area (Å²) in [6, 6.07) is 7.43. The van der Waals surface area contributed by atoms with Gasteiger partial charge in [0.05, 0.1) is 18.9 Å². The molecule has 0 aliphatic carbocycles. The van der Waals surface area contributed by atoms with E-state index in [2.05, 4.69) is 26.9 Å². The first-order chi connectivity index (χ1) is 11.8. The summed E-state index contributed by atoms with van der Waals surface area (Å²) in [6.45, 7) is 1.82. The molecule has 1 atom stereocenters. The third-order valence-electron chi connectivity index (χ3n) is 3.36. The zero-order valence-corrected chi connectivity index (χ0v) is 17.4. The molecule has 2 aromatic heterocycles. The summed E-state index contributed by atoms with van der Waals surface area (Å²) >= 11 is 1.77. The van der Waals surface area contributed by atoms with Gasteiger partial charge in [0.1, 0.15) is 5.76 Å². The summed E-state index contributed by atoms with van der Waals surface area (Å²) in [6.07, 6.45) is 7.21. The first-order valence-corrected chi connectivity index (χ1v) is 9.30. The smallest absolute Gasteiger partial charge is 0.191 e. The van der Waals surface area contributed by atoms with Crippen LogP contribution in [0, 0.1) is 0 Å². The van der Waals surface area contributed by atoms with Crippen LogP contribution in [-0.2, 0) is 6.42 Å². The molecule has 6 nitrogen and oxygen atoms in total. The summed E-state index contributed by atoms with van der Waals surface area (Å²) in [5.41, 5.74) is 0.813. The van der Waals surface area contributed by atoms with Crippen molar-refractivity contribution >= 4 is 41.7 Å². The lowest BCUT2D eigenvalue weighted by molar-refractivity contribution is 0.187. The Balaban J connectivity index is 0.00000312. The Labute approximate surface area is 169 Å².